The third-order valence-electron chi connectivity index (χ3n) is 3.74. The number of hydrogen-bond donors (Lipinski definition) is 2. The van der Waals surface area contributed by atoms with Crippen molar-refractivity contribution < 1.29 is 13.5 Å². The van der Waals surface area contributed by atoms with Crippen LogP contribution in [0.25, 0.3) is 0 Å². The van der Waals surface area contributed by atoms with E-state index in [4.69, 9.17) is 11.6 Å². The number of aliphatic hydroxyl groups excluding tert-OH is 1. The highest BCUT2D eigenvalue weighted by Gasteiger charge is 2.34. The first-order chi connectivity index (χ1) is 8.88. The Morgan fingerprint density at radius 2 is 2.11 bits per heavy atom. The van der Waals surface area contributed by atoms with Gasteiger partial charge in [-0.15, -0.1) is 11.3 Å². The number of thiophene rings is 1. The van der Waals surface area contributed by atoms with Crippen LogP contribution >= 0.6 is 22.9 Å². The Labute approximate surface area is 122 Å². The molecular formula is C12H18ClNO3S2. The molecule has 0 aliphatic heterocycles. The summed E-state index contributed by atoms with van der Waals surface area (Å²) in [4.78, 5) is 0. The van der Waals surface area contributed by atoms with Gasteiger partial charge < -0.3 is 5.11 Å². The second-order valence-electron chi connectivity index (χ2n) is 5.21. The van der Waals surface area contributed by atoms with Crippen molar-refractivity contribution in [2.24, 2.45) is 5.41 Å². The molecule has 1 saturated carbocycles. The monoisotopic (exact) mass is 323 g/mol. The van der Waals surface area contributed by atoms with Crippen LogP contribution in [0.2, 0.25) is 4.34 Å². The fraction of sp³-hybridized carbons (Fsp3) is 0.667. The average molecular weight is 324 g/mol. The van der Waals surface area contributed by atoms with E-state index in [1.807, 2.05) is 0 Å². The Morgan fingerprint density at radius 3 is 2.58 bits per heavy atom. The molecule has 1 aromatic heterocycles. The summed E-state index contributed by atoms with van der Waals surface area (Å²) in [7, 11) is -3.52. The quantitative estimate of drug-likeness (QED) is 0.875. The van der Waals surface area contributed by atoms with Crippen LogP contribution in [0.3, 0.4) is 0 Å². The molecule has 19 heavy (non-hydrogen) atoms. The summed E-state index contributed by atoms with van der Waals surface area (Å²) >= 11 is 6.97. The third-order valence-corrected chi connectivity index (χ3v) is 7.17. The zero-order valence-electron chi connectivity index (χ0n) is 10.8. The minimum absolute atomic E-state index is 0.0275. The maximum atomic E-state index is 12.2. The van der Waals surface area contributed by atoms with Gasteiger partial charge in [-0.25, -0.2) is 13.1 Å². The molecule has 0 amide bonds. The van der Waals surface area contributed by atoms with Crippen LogP contribution < -0.4 is 4.72 Å². The van der Waals surface area contributed by atoms with E-state index in [9.17, 15) is 13.5 Å². The molecule has 0 bridgehead atoms. The molecule has 0 atom stereocenters. The minimum atomic E-state index is -3.52. The normalized spacial score (nSPS) is 18.9. The van der Waals surface area contributed by atoms with Gasteiger partial charge >= 0.3 is 0 Å². The summed E-state index contributed by atoms with van der Waals surface area (Å²) in [5.41, 5.74) is 0.480. The summed E-state index contributed by atoms with van der Waals surface area (Å²) in [6.45, 7) is 2.10. The van der Waals surface area contributed by atoms with Crippen LogP contribution in [-0.4, -0.2) is 26.7 Å². The summed E-state index contributed by atoms with van der Waals surface area (Å²) in [6.07, 6.45) is 3.84. The van der Waals surface area contributed by atoms with Crippen molar-refractivity contribution in [3.63, 3.8) is 0 Å². The highest BCUT2D eigenvalue weighted by Crippen LogP contribution is 2.37. The molecule has 1 aliphatic rings. The number of nitrogens with one attached hydrogen (secondary N) is 1. The highest BCUT2D eigenvalue weighted by atomic mass is 35.5. The number of hydrogen-bond acceptors (Lipinski definition) is 4. The largest absolute Gasteiger partial charge is 0.396 e. The van der Waals surface area contributed by atoms with Gasteiger partial charge in [-0.2, -0.15) is 0 Å². The summed E-state index contributed by atoms with van der Waals surface area (Å²) in [5.74, 6) is 0. The molecule has 4 nitrogen and oxygen atoms in total. The average Bonchev–Trinajstić information content (AvgIpc) is 2.96. The first-order valence-corrected chi connectivity index (χ1v) is 8.93. The molecule has 2 N–H and O–H groups in total. The predicted octanol–water partition coefficient (Wildman–Crippen LogP) is 2.54. The molecule has 1 aromatic rings. The topological polar surface area (TPSA) is 66.4 Å². The number of rotatable bonds is 5. The molecule has 7 heteroatoms. The van der Waals surface area contributed by atoms with Crippen molar-refractivity contribution in [2.75, 3.05) is 13.2 Å². The Balaban J connectivity index is 2.09. The second kappa shape index (κ2) is 5.69. The van der Waals surface area contributed by atoms with Gasteiger partial charge in [-0.3, -0.25) is 0 Å². The van der Waals surface area contributed by atoms with E-state index in [1.165, 1.54) is 0 Å². The van der Waals surface area contributed by atoms with E-state index in [0.717, 1.165) is 42.6 Å². The Morgan fingerprint density at radius 1 is 1.47 bits per heavy atom. The summed E-state index contributed by atoms with van der Waals surface area (Å²) in [5, 5.41) is 9.48. The van der Waals surface area contributed by atoms with Crippen molar-refractivity contribution in [3.05, 3.63) is 16.0 Å². The van der Waals surface area contributed by atoms with Crippen LogP contribution in [-0.2, 0) is 10.0 Å². The fourth-order valence-corrected chi connectivity index (χ4v) is 5.31. The number of aliphatic hydroxyl groups is 1. The standard InChI is InChI=1S/C12H18ClNO3S2/c1-9-6-10(18-11(9)13)19(16,17)14-7-12(8-15)4-2-3-5-12/h6,14-15H,2-5,7-8H2,1H3. The molecule has 1 heterocycles. The molecule has 2 rings (SSSR count). The first-order valence-electron chi connectivity index (χ1n) is 6.25. The molecule has 0 aromatic carbocycles. The maximum absolute atomic E-state index is 12.2. The van der Waals surface area contributed by atoms with E-state index in [-0.39, 0.29) is 16.2 Å². The smallest absolute Gasteiger partial charge is 0.250 e. The van der Waals surface area contributed by atoms with Crippen molar-refractivity contribution in [1.29, 1.82) is 0 Å². The van der Waals surface area contributed by atoms with Crippen LogP contribution in [0.5, 0.6) is 0 Å². The van der Waals surface area contributed by atoms with Gasteiger partial charge in [0, 0.05) is 18.6 Å². The lowest BCUT2D eigenvalue weighted by molar-refractivity contribution is 0.134. The molecule has 0 radical (unpaired) electrons. The van der Waals surface area contributed by atoms with E-state index >= 15 is 0 Å². The molecule has 0 saturated heterocycles. The maximum Gasteiger partial charge on any atom is 0.250 e. The Bertz CT molecular complexity index is 528. The van der Waals surface area contributed by atoms with Crippen molar-refractivity contribution in [1.82, 2.24) is 4.72 Å². The Kier molecular flexibility index (Phi) is 4.57. The lowest BCUT2D eigenvalue weighted by Crippen LogP contribution is -2.38. The molecular weight excluding hydrogens is 306 g/mol. The Hall–Kier alpha value is -0.140. The molecule has 108 valence electrons. The van der Waals surface area contributed by atoms with Gasteiger partial charge in [0.25, 0.3) is 0 Å². The predicted molar refractivity (Wildman–Crippen MR) is 77.2 cm³/mol. The van der Waals surface area contributed by atoms with Gasteiger partial charge in [0.15, 0.2) is 0 Å². The van der Waals surface area contributed by atoms with Crippen molar-refractivity contribution >= 4 is 33.0 Å². The van der Waals surface area contributed by atoms with E-state index in [1.54, 1.807) is 13.0 Å². The lowest BCUT2D eigenvalue weighted by atomic mass is 9.88. The molecule has 0 unspecified atom stereocenters. The first kappa shape index (κ1) is 15.3. The van der Waals surface area contributed by atoms with Crippen LogP contribution in [0.4, 0.5) is 0 Å². The third kappa shape index (κ3) is 3.31. The van der Waals surface area contributed by atoms with Crippen LogP contribution in [0.1, 0.15) is 31.2 Å². The second-order valence-corrected chi connectivity index (χ2v) is 8.86. The summed E-state index contributed by atoms with van der Waals surface area (Å²) < 4.78 is 27.7. The van der Waals surface area contributed by atoms with Gasteiger partial charge in [-0.1, -0.05) is 24.4 Å². The van der Waals surface area contributed by atoms with E-state index < -0.39 is 10.0 Å². The van der Waals surface area contributed by atoms with Crippen LogP contribution in [0, 0.1) is 12.3 Å². The summed E-state index contributed by atoms with van der Waals surface area (Å²) in [6, 6.07) is 1.58. The van der Waals surface area contributed by atoms with Crippen molar-refractivity contribution in [3.8, 4) is 0 Å². The van der Waals surface area contributed by atoms with E-state index in [0.29, 0.717) is 10.9 Å². The van der Waals surface area contributed by atoms with Gasteiger partial charge in [0.1, 0.15) is 4.21 Å². The zero-order chi connectivity index (χ0) is 14.1. The molecule has 1 aliphatic carbocycles. The fourth-order valence-electron chi connectivity index (χ4n) is 2.40. The van der Waals surface area contributed by atoms with Crippen molar-refractivity contribution in [2.45, 2.75) is 36.8 Å². The molecule has 0 spiro atoms. The van der Waals surface area contributed by atoms with Crippen LogP contribution in [0.15, 0.2) is 10.3 Å². The van der Waals surface area contributed by atoms with E-state index in [2.05, 4.69) is 4.72 Å². The highest BCUT2D eigenvalue weighted by molar-refractivity contribution is 7.91. The number of sulfonamides is 1. The number of halogens is 1. The van der Waals surface area contributed by atoms with Gasteiger partial charge in [-0.05, 0) is 31.4 Å². The van der Waals surface area contributed by atoms with Gasteiger partial charge in [0.2, 0.25) is 10.0 Å². The lowest BCUT2D eigenvalue weighted by Gasteiger charge is -2.26. The van der Waals surface area contributed by atoms with Gasteiger partial charge in [0.05, 0.1) is 4.34 Å². The SMILES string of the molecule is Cc1cc(S(=O)(=O)NCC2(CO)CCCC2)sc1Cl. The zero-order valence-corrected chi connectivity index (χ0v) is 13.2. The number of aryl methyl sites for hydroxylation is 1. The minimum Gasteiger partial charge on any atom is -0.396 e. The molecule has 1 fully saturated rings.